The van der Waals surface area contributed by atoms with E-state index in [9.17, 15) is 0 Å². The van der Waals surface area contributed by atoms with Crippen molar-refractivity contribution in [1.29, 1.82) is 0 Å². The zero-order chi connectivity index (χ0) is 18.6. The van der Waals surface area contributed by atoms with Gasteiger partial charge in [-0.1, -0.05) is 24.3 Å². The molecule has 1 aromatic heterocycles. The summed E-state index contributed by atoms with van der Waals surface area (Å²) >= 11 is 0. The van der Waals surface area contributed by atoms with Gasteiger partial charge >= 0.3 is 0 Å². The molecule has 27 heavy (non-hydrogen) atoms. The van der Waals surface area contributed by atoms with Gasteiger partial charge in [0, 0.05) is 25.3 Å². The summed E-state index contributed by atoms with van der Waals surface area (Å²) in [5.41, 5.74) is 10.0. The van der Waals surface area contributed by atoms with Crippen molar-refractivity contribution in [3.63, 3.8) is 0 Å². The van der Waals surface area contributed by atoms with Crippen LogP contribution in [0, 0.1) is 5.92 Å². The highest BCUT2D eigenvalue weighted by molar-refractivity contribution is 5.75. The van der Waals surface area contributed by atoms with E-state index in [2.05, 4.69) is 17.1 Å². The number of benzene rings is 2. The molecule has 1 aliphatic rings. The maximum Gasteiger partial charge on any atom is 0.227 e. The first kappa shape index (κ1) is 18.2. The fourth-order valence-corrected chi connectivity index (χ4v) is 3.85. The number of ether oxygens (including phenoxy) is 2. The van der Waals surface area contributed by atoms with Crippen LogP contribution in [0.15, 0.2) is 52.9 Å². The van der Waals surface area contributed by atoms with Crippen LogP contribution in [0.2, 0.25) is 0 Å². The molecule has 0 spiro atoms. The van der Waals surface area contributed by atoms with E-state index in [-0.39, 0.29) is 12.1 Å². The number of hydrogen-bond acceptors (Lipinski definition) is 5. The van der Waals surface area contributed by atoms with Crippen molar-refractivity contribution in [2.24, 2.45) is 11.7 Å². The van der Waals surface area contributed by atoms with E-state index >= 15 is 0 Å². The van der Waals surface area contributed by atoms with Crippen LogP contribution < -0.4 is 5.73 Å². The van der Waals surface area contributed by atoms with Crippen LogP contribution in [-0.4, -0.2) is 30.8 Å². The molecule has 0 saturated heterocycles. The Morgan fingerprint density at radius 3 is 2.70 bits per heavy atom. The fraction of sp³-hybridized carbons (Fsp3) is 0.409. The summed E-state index contributed by atoms with van der Waals surface area (Å²) in [5.74, 6) is 1.13. The van der Waals surface area contributed by atoms with E-state index < -0.39 is 0 Å². The first-order valence-electron chi connectivity index (χ1n) is 9.55. The fourth-order valence-electron chi connectivity index (χ4n) is 3.85. The highest BCUT2D eigenvalue weighted by Gasteiger charge is 2.34. The molecule has 4 rings (SSSR count). The SMILES string of the molecule is COCC[C@@H]1CC[C@@H](N)[C@H]1OCc1ccc(-c2nc3ccccc3o2)cc1. The van der Waals surface area contributed by atoms with E-state index in [4.69, 9.17) is 19.6 Å². The van der Waals surface area contributed by atoms with Crippen molar-refractivity contribution in [3.8, 4) is 11.5 Å². The molecule has 3 atom stereocenters. The third-order valence-electron chi connectivity index (χ3n) is 5.39. The van der Waals surface area contributed by atoms with E-state index in [0.717, 1.165) is 48.1 Å². The van der Waals surface area contributed by atoms with Crippen molar-refractivity contribution >= 4 is 11.1 Å². The Kier molecular flexibility index (Phi) is 5.53. The van der Waals surface area contributed by atoms with Crippen molar-refractivity contribution in [2.45, 2.75) is 38.0 Å². The molecule has 5 heteroatoms. The number of aromatic nitrogens is 1. The van der Waals surface area contributed by atoms with Crippen molar-refractivity contribution in [2.75, 3.05) is 13.7 Å². The maximum absolute atomic E-state index is 6.26. The smallest absolute Gasteiger partial charge is 0.227 e. The summed E-state index contributed by atoms with van der Waals surface area (Å²) in [4.78, 5) is 4.54. The number of nitrogens with two attached hydrogens (primary N) is 1. The summed E-state index contributed by atoms with van der Waals surface area (Å²) in [6.07, 6.45) is 3.25. The van der Waals surface area contributed by atoms with E-state index in [0.29, 0.717) is 18.4 Å². The Morgan fingerprint density at radius 1 is 1.11 bits per heavy atom. The molecule has 0 aliphatic heterocycles. The third kappa shape index (κ3) is 4.05. The molecule has 0 amide bonds. The van der Waals surface area contributed by atoms with Gasteiger partial charge in [0.1, 0.15) is 5.52 Å². The standard InChI is InChI=1S/C22H26N2O3/c1-25-13-12-16-10-11-18(23)21(16)26-14-15-6-8-17(9-7-15)22-24-19-4-2-3-5-20(19)27-22/h2-9,16,18,21H,10-14,23H2,1H3/t16-,18+,21-/m0/s1. The monoisotopic (exact) mass is 366 g/mol. The number of oxazole rings is 1. The van der Waals surface area contributed by atoms with Crippen molar-refractivity contribution in [1.82, 2.24) is 4.98 Å². The van der Waals surface area contributed by atoms with Crippen LogP contribution >= 0.6 is 0 Å². The largest absolute Gasteiger partial charge is 0.436 e. The molecule has 3 aromatic rings. The number of fused-ring (bicyclic) bond motifs is 1. The van der Waals surface area contributed by atoms with E-state index in [1.165, 1.54) is 0 Å². The zero-order valence-corrected chi connectivity index (χ0v) is 15.6. The molecule has 0 unspecified atom stereocenters. The lowest BCUT2D eigenvalue weighted by Crippen LogP contribution is -2.35. The summed E-state index contributed by atoms with van der Waals surface area (Å²) in [6.45, 7) is 1.33. The highest BCUT2D eigenvalue weighted by atomic mass is 16.5. The lowest BCUT2D eigenvalue weighted by molar-refractivity contribution is -0.000970. The Labute approximate surface area is 159 Å². The minimum atomic E-state index is 0.108. The minimum absolute atomic E-state index is 0.108. The van der Waals surface area contributed by atoms with Crippen molar-refractivity contribution in [3.05, 3.63) is 54.1 Å². The van der Waals surface area contributed by atoms with E-state index in [1.54, 1.807) is 7.11 Å². The second-order valence-corrected chi connectivity index (χ2v) is 7.24. The molecule has 0 radical (unpaired) electrons. The van der Waals surface area contributed by atoms with Gasteiger partial charge in [-0.05, 0) is 55.0 Å². The van der Waals surface area contributed by atoms with Gasteiger partial charge in [-0.3, -0.25) is 0 Å². The van der Waals surface area contributed by atoms with Gasteiger partial charge in [-0.25, -0.2) is 4.98 Å². The normalized spacial score (nSPS) is 22.5. The van der Waals surface area contributed by atoms with Crippen LogP contribution in [0.1, 0.15) is 24.8 Å². The molecule has 5 nitrogen and oxygen atoms in total. The van der Waals surface area contributed by atoms with Gasteiger partial charge in [0.15, 0.2) is 5.58 Å². The van der Waals surface area contributed by atoms with Gasteiger partial charge in [-0.2, -0.15) is 0 Å². The number of hydrogen-bond donors (Lipinski definition) is 1. The Hall–Kier alpha value is -2.21. The average molecular weight is 366 g/mol. The number of para-hydroxylation sites is 2. The summed E-state index contributed by atoms with van der Waals surface area (Å²) < 4.78 is 17.2. The van der Waals surface area contributed by atoms with Crippen LogP contribution in [-0.2, 0) is 16.1 Å². The van der Waals surface area contributed by atoms with E-state index in [1.807, 2.05) is 36.4 Å². The highest BCUT2D eigenvalue weighted by Crippen LogP contribution is 2.31. The molecule has 1 saturated carbocycles. The van der Waals surface area contributed by atoms with Crippen LogP contribution in [0.4, 0.5) is 0 Å². The average Bonchev–Trinajstić information content (AvgIpc) is 3.28. The van der Waals surface area contributed by atoms with Gasteiger partial charge in [0.25, 0.3) is 0 Å². The predicted molar refractivity (Wildman–Crippen MR) is 105 cm³/mol. The first-order valence-corrected chi connectivity index (χ1v) is 9.55. The predicted octanol–water partition coefficient (Wildman–Crippen LogP) is 4.15. The molecule has 2 N–H and O–H groups in total. The van der Waals surface area contributed by atoms with Crippen LogP contribution in [0.25, 0.3) is 22.6 Å². The molecule has 0 bridgehead atoms. The number of methoxy groups -OCH3 is 1. The molecule has 1 aliphatic carbocycles. The van der Waals surface area contributed by atoms with Gasteiger partial charge in [0.05, 0.1) is 12.7 Å². The molecule has 1 heterocycles. The molecule has 142 valence electrons. The lowest BCUT2D eigenvalue weighted by Gasteiger charge is -2.23. The Balaban J connectivity index is 1.40. The number of rotatable bonds is 7. The summed E-state index contributed by atoms with van der Waals surface area (Å²) in [7, 11) is 1.74. The Morgan fingerprint density at radius 2 is 1.93 bits per heavy atom. The second kappa shape index (κ2) is 8.21. The third-order valence-corrected chi connectivity index (χ3v) is 5.39. The molecular weight excluding hydrogens is 340 g/mol. The minimum Gasteiger partial charge on any atom is -0.436 e. The summed E-state index contributed by atoms with van der Waals surface area (Å²) in [5, 5.41) is 0. The second-order valence-electron chi connectivity index (χ2n) is 7.24. The van der Waals surface area contributed by atoms with Crippen LogP contribution in [0.3, 0.4) is 0 Å². The summed E-state index contributed by atoms with van der Waals surface area (Å²) in [6, 6.07) is 16.1. The van der Waals surface area contributed by atoms with Gasteiger partial charge in [-0.15, -0.1) is 0 Å². The lowest BCUT2D eigenvalue weighted by atomic mass is 10.0. The van der Waals surface area contributed by atoms with Gasteiger partial charge < -0.3 is 19.6 Å². The topological polar surface area (TPSA) is 70.5 Å². The Bertz CT molecular complexity index is 842. The molecule has 2 aromatic carbocycles. The zero-order valence-electron chi connectivity index (χ0n) is 15.6. The van der Waals surface area contributed by atoms with Crippen molar-refractivity contribution < 1.29 is 13.9 Å². The molecular formula is C22H26N2O3. The molecule has 1 fully saturated rings. The maximum atomic E-state index is 6.26. The quantitative estimate of drug-likeness (QED) is 0.680. The van der Waals surface area contributed by atoms with Gasteiger partial charge in [0.2, 0.25) is 5.89 Å². The first-order chi connectivity index (χ1) is 13.2. The number of nitrogens with zero attached hydrogens (tertiary/aromatic N) is 1. The van der Waals surface area contributed by atoms with Crippen LogP contribution in [0.5, 0.6) is 0 Å².